The minimum Gasteiger partial charge on any atom is -0.445 e. The molecule has 6 nitrogen and oxygen atoms in total. The molecule has 3 aromatic rings. The molecule has 4 rings (SSSR count). The van der Waals surface area contributed by atoms with E-state index in [9.17, 15) is 9.59 Å². The minimum absolute atomic E-state index is 0.287. The van der Waals surface area contributed by atoms with Crippen molar-refractivity contribution in [3.63, 3.8) is 0 Å². The maximum atomic E-state index is 13.0. The number of hydrogen-bond donors (Lipinski definition) is 1. The smallest absolute Gasteiger partial charge is 0.339 e. The Morgan fingerprint density at radius 1 is 1.21 bits per heavy atom. The Morgan fingerprint density at radius 2 is 2.00 bits per heavy atom. The van der Waals surface area contributed by atoms with Crippen molar-refractivity contribution >= 4 is 40.9 Å². The van der Waals surface area contributed by atoms with Crippen molar-refractivity contribution in [2.75, 3.05) is 5.32 Å². The molecule has 0 spiro atoms. The third-order valence-corrected chi connectivity index (χ3v) is 5.73. The number of hydrogen-bond acceptors (Lipinski definition) is 4. The molecule has 0 saturated heterocycles. The molecule has 0 saturated carbocycles. The fourth-order valence-corrected chi connectivity index (χ4v) is 3.68. The molecule has 1 aromatic heterocycles. The highest BCUT2D eigenvalue weighted by Gasteiger charge is 2.42. The molecule has 1 aliphatic rings. The lowest BCUT2D eigenvalue weighted by atomic mass is 9.89. The Bertz CT molecular complexity index is 1110. The number of carbonyl (C=O) groups is 2. The van der Waals surface area contributed by atoms with Crippen molar-refractivity contribution in [1.82, 2.24) is 9.78 Å². The van der Waals surface area contributed by atoms with E-state index in [1.165, 1.54) is 0 Å². The highest BCUT2D eigenvalue weighted by Crippen LogP contribution is 2.30. The van der Waals surface area contributed by atoms with Crippen molar-refractivity contribution in [2.24, 2.45) is 0 Å². The fourth-order valence-electron chi connectivity index (χ4n) is 3.30. The number of nitrogens with one attached hydrogen (secondary N) is 1. The van der Waals surface area contributed by atoms with E-state index in [4.69, 9.17) is 27.9 Å². The third-order valence-electron chi connectivity index (χ3n) is 4.87. The van der Waals surface area contributed by atoms with Gasteiger partial charge in [-0.1, -0.05) is 53.5 Å². The summed E-state index contributed by atoms with van der Waals surface area (Å²) in [5.74, 6) is -0.481. The second-order valence-electron chi connectivity index (χ2n) is 7.00. The molecule has 8 heteroatoms. The predicted molar refractivity (Wildman–Crippen MR) is 110 cm³/mol. The predicted octanol–water partition coefficient (Wildman–Crippen LogP) is 4.35. The molecule has 1 aliphatic heterocycles. The van der Waals surface area contributed by atoms with Crippen LogP contribution >= 0.6 is 23.2 Å². The van der Waals surface area contributed by atoms with Crippen molar-refractivity contribution < 1.29 is 14.3 Å². The highest BCUT2D eigenvalue weighted by molar-refractivity contribution is 6.42. The lowest BCUT2D eigenvalue weighted by Gasteiger charge is -2.33. The molecule has 29 heavy (non-hydrogen) atoms. The molecule has 1 amide bonds. The first-order chi connectivity index (χ1) is 13.9. The molecule has 2 aromatic carbocycles. The molecule has 148 valence electrons. The van der Waals surface area contributed by atoms with Gasteiger partial charge in [0, 0.05) is 12.5 Å². The summed E-state index contributed by atoms with van der Waals surface area (Å²) in [4.78, 5) is 25.3. The summed E-state index contributed by atoms with van der Waals surface area (Å²) in [6.07, 6.45) is 1.85. The molecular weight excluding hydrogens is 413 g/mol. The number of halogens is 2. The minimum atomic E-state index is -1.33. The molecule has 0 radical (unpaired) electrons. The van der Waals surface area contributed by atoms with Crippen LogP contribution in [0.25, 0.3) is 0 Å². The first kappa shape index (κ1) is 19.5. The first-order valence-electron chi connectivity index (χ1n) is 8.95. The Labute approximate surface area is 177 Å². The molecular formula is C21H17Cl2N3O3. The Morgan fingerprint density at radius 3 is 2.83 bits per heavy atom. The molecule has 0 bridgehead atoms. The largest absolute Gasteiger partial charge is 0.445 e. The van der Waals surface area contributed by atoms with Gasteiger partial charge in [0.15, 0.2) is 5.60 Å². The van der Waals surface area contributed by atoms with E-state index >= 15 is 0 Å². The number of nitrogens with zero attached hydrogens (tertiary/aromatic N) is 2. The normalized spacial score (nSPS) is 18.1. The van der Waals surface area contributed by atoms with Gasteiger partial charge in [-0.15, -0.1) is 0 Å². The van der Waals surface area contributed by atoms with E-state index in [0.717, 1.165) is 11.1 Å². The number of carbonyl (C=O) groups excluding carboxylic acids is 2. The summed E-state index contributed by atoms with van der Waals surface area (Å²) in [5, 5.41) is 7.94. The van der Waals surface area contributed by atoms with E-state index < -0.39 is 17.5 Å². The first-order valence-corrected chi connectivity index (χ1v) is 9.70. The van der Waals surface area contributed by atoms with Gasteiger partial charge < -0.3 is 10.1 Å². The topological polar surface area (TPSA) is 73.2 Å². The second kappa shape index (κ2) is 7.54. The van der Waals surface area contributed by atoms with Gasteiger partial charge in [0.1, 0.15) is 5.82 Å². The monoisotopic (exact) mass is 429 g/mol. The van der Waals surface area contributed by atoms with Gasteiger partial charge in [-0.3, -0.25) is 4.79 Å². The Hall–Kier alpha value is -2.83. The van der Waals surface area contributed by atoms with Crippen LogP contribution in [0.2, 0.25) is 10.0 Å². The van der Waals surface area contributed by atoms with Crippen LogP contribution in [-0.2, 0) is 22.5 Å². The second-order valence-corrected chi connectivity index (χ2v) is 7.78. The number of ether oxygens (including phenoxy) is 1. The molecule has 0 aliphatic carbocycles. The third kappa shape index (κ3) is 3.73. The lowest BCUT2D eigenvalue weighted by molar-refractivity contribution is -0.134. The van der Waals surface area contributed by atoms with Crippen LogP contribution in [0.1, 0.15) is 28.4 Å². The maximum Gasteiger partial charge on any atom is 0.339 e. The fraction of sp³-hybridized carbons (Fsp3) is 0.190. The average Bonchev–Trinajstić information content (AvgIpc) is 3.12. The van der Waals surface area contributed by atoms with E-state index in [2.05, 4.69) is 10.4 Å². The standard InChI is InChI=1S/C21H17Cl2N3O3/c1-21(11-13-5-2-3-7-15(13)19(27)29-21)20(28)25-17-9-10-24-26(17)12-14-6-4-8-16(22)18(14)23/h2-10H,11-12H2,1H3,(H,25,28). The van der Waals surface area contributed by atoms with Gasteiger partial charge in [-0.2, -0.15) is 5.10 Å². The molecule has 2 heterocycles. The number of cyclic esters (lactones) is 1. The summed E-state index contributed by atoms with van der Waals surface area (Å²) >= 11 is 12.3. The zero-order valence-corrected chi connectivity index (χ0v) is 17.0. The summed E-state index contributed by atoms with van der Waals surface area (Å²) in [7, 11) is 0. The summed E-state index contributed by atoms with van der Waals surface area (Å²) in [6.45, 7) is 1.92. The number of anilines is 1. The number of aromatic nitrogens is 2. The molecule has 1 atom stereocenters. The van der Waals surface area contributed by atoms with E-state index in [-0.39, 0.29) is 6.42 Å². The number of rotatable bonds is 4. The van der Waals surface area contributed by atoms with Crippen LogP contribution in [0.4, 0.5) is 5.82 Å². The van der Waals surface area contributed by atoms with Gasteiger partial charge in [0.25, 0.3) is 5.91 Å². The molecule has 1 N–H and O–H groups in total. The highest BCUT2D eigenvalue weighted by atomic mass is 35.5. The number of fused-ring (bicyclic) bond motifs is 1. The maximum absolute atomic E-state index is 13.0. The van der Waals surface area contributed by atoms with Crippen LogP contribution < -0.4 is 5.32 Å². The Kier molecular flexibility index (Phi) is 5.06. The number of esters is 1. The zero-order chi connectivity index (χ0) is 20.6. The van der Waals surface area contributed by atoms with E-state index in [1.807, 2.05) is 18.2 Å². The van der Waals surface area contributed by atoms with Crippen LogP contribution in [-0.4, -0.2) is 27.3 Å². The van der Waals surface area contributed by atoms with Gasteiger partial charge in [0.2, 0.25) is 0 Å². The summed E-state index contributed by atoms with van der Waals surface area (Å²) in [6, 6.07) is 14.1. The molecule has 1 unspecified atom stereocenters. The van der Waals surface area contributed by atoms with Gasteiger partial charge in [-0.25, -0.2) is 9.48 Å². The van der Waals surface area contributed by atoms with Gasteiger partial charge in [-0.05, 0) is 30.2 Å². The van der Waals surface area contributed by atoms with Gasteiger partial charge >= 0.3 is 5.97 Å². The SMILES string of the molecule is CC1(C(=O)Nc2ccnn2Cc2cccc(Cl)c2Cl)Cc2ccccc2C(=O)O1. The van der Waals surface area contributed by atoms with Crippen LogP contribution in [0.5, 0.6) is 0 Å². The average molecular weight is 430 g/mol. The zero-order valence-electron chi connectivity index (χ0n) is 15.5. The van der Waals surface area contributed by atoms with Crippen molar-refractivity contribution in [2.45, 2.75) is 25.5 Å². The quantitative estimate of drug-likeness (QED) is 0.625. The van der Waals surface area contributed by atoms with Crippen LogP contribution in [0.3, 0.4) is 0 Å². The van der Waals surface area contributed by atoms with E-state index in [1.54, 1.807) is 48.1 Å². The summed E-state index contributed by atoms with van der Waals surface area (Å²) < 4.78 is 7.08. The molecule has 0 fully saturated rings. The lowest BCUT2D eigenvalue weighted by Crippen LogP contribution is -2.49. The number of amides is 1. The summed E-state index contributed by atoms with van der Waals surface area (Å²) in [5.41, 5.74) is 0.704. The van der Waals surface area contributed by atoms with Crippen molar-refractivity contribution in [3.05, 3.63) is 81.5 Å². The van der Waals surface area contributed by atoms with Crippen molar-refractivity contribution in [1.29, 1.82) is 0 Å². The Balaban J connectivity index is 1.55. The number of benzene rings is 2. The van der Waals surface area contributed by atoms with Crippen molar-refractivity contribution in [3.8, 4) is 0 Å². The van der Waals surface area contributed by atoms with E-state index in [0.29, 0.717) is 28.0 Å². The van der Waals surface area contributed by atoms with Crippen LogP contribution in [0, 0.1) is 0 Å². The van der Waals surface area contributed by atoms with Gasteiger partial charge in [0.05, 0.1) is 28.4 Å². The van der Waals surface area contributed by atoms with Crippen LogP contribution in [0.15, 0.2) is 54.7 Å².